The Morgan fingerprint density at radius 2 is 1.95 bits per heavy atom. The van der Waals surface area contributed by atoms with Gasteiger partial charge in [-0.15, -0.1) is 0 Å². The average Bonchev–Trinajstić information content (AvgIpc) is 2.48. The van der Waals surface area contributed by atoms with Crippen molar-refractivity contribution in [2.45, 2.75) is 50.3 Å². The Bertz CT molecular complexity index is 626. The first-order valence-electron chi connectivity index (χ1n) is 8.01. The normalized spacial score (nSPS) is 17.8. The number of likely N-dealkylation sites (tertiary alicyclic amines) is 1. The van der Waals surface area contributed by atoms with Crippen LogP contribution in [0.25, 0.3) is 0 Å². The van der Waals surface area contributed by atoms with E-state index in [0.29, 0.717) is 10.8 Å². The highest BCUT2D eigenvalue weighted by Crippen LogP contribution is 2.25. The van der Waals surface area contributed by atoms with Crippen molar-refractivity contribution < 1.29 is 8.42 Å². The van der Waals surface area contributed by atoms with Gasteiger partial charge in [0.15, 0.2) is 9.84 Å². The highest BCUT2D eigenvalue weighted by Gasteiger charge is 2.21. The third-order valence-corrected chi connectivity index (χ3v) is 6.69. The summed E-state index contributed by atoms with van der Waals surface area (Å²) in [4.78, 5) is 2.84. The van der Waals surface area contributed by atoms with Crippen LogP contribution in [0.15, 0.2) is 41.3 Å². The Labute approximate surface area is 135 Å². The summed E-state index contributed by atoms with van der Waals surface area (Å²) in [5, 5.41) is -0.380. The van der Waals surface area contributed by atoms with Gasteiger partial charge < -0.3 is 0 Å². The zero-order valence-corrected chi connectivity index (χ0v) is 14.7. The van der Waals surface area contributed by atoms with Gasteiger partial charge in [-0.25, -0.2) is 8.42 Å². The summed E-state index contributed by atoms with van der Waals surface area (Å²) in [5.41, 5.74) is 2.36. The lowest BCUT2D eigenvalue weighted by atomic mass is 9.91. The summed E-state index contributed by atoms with van der Waals surface area (Å²) >= 11 is 0. The molecule has 0 unspecified atom stereocenters. The first-order valence-corrected chi connectivity index (χ1v) is 9.56. The van der Waals surface area contributed by atoms with Crippen molar-refractivity contribution in [2.75, 3.05) is 13.1 Å². The molecule has 22 heavy (non-hydrogen) atoms. The summed E-state index contributed by atoms with van der Waals surface area (Å²) in [6, 6.07) is 7.40. The van der Waals surface area contributed by atoms with Crippen LogP contribution in [-0.4, -0.2) is 31.7 Å². The molecule has 1 aliphatic rings. The molecule has 1 aromatic carbocycles. The van der Waals surface area contributed by atoms with E-state index in [4.69, 9.17) is 0 Å². The van der Waals surface area contributed by atoms with Crippen LogP contribution >= 0.6 is 0 Å². The minimum Gasteiger partial charge on any atom is -0.299 e. The number of rotatable bonds is 5. The molecule has 1 heterocycles. The largest absolute Gasteiger partial charge is 0.299 e. The van der Waals surface area contributed by atoms with Crippen LogP contribution in [-0.2, 0) is 16.4 Å². The van der Waals surface area contributed by atoms with E-state index in [0.717, 1.165) is 38.0 Å². The topological polar surface area (TPSA) is 37.4 Å². The monoisotopic (exact) mass is 321 g/mol. The van der Waals surface area contributed by atoms with Crippen LogP contribution in [0.1, 0.15) is 39.2 Å². The van der Waals surface area contributed by atoms with Gasteiger partial charge in [-0.05, 0) is 70.3 Å². The van der Waals surface area contributed by atoms with Crippen molar-refractivity contribution in [3.63, 3.8) is 0 Å². The van der Waals surface area contributed by atoms with Gasteiger partial charge in [0.2, 0.25) is 0 Å². The molecule has 0 radical (unpaired) electrons. The zero-order valence-electron chi connectivity index (χ0n) is 13.9. The number of nitrogens with zero attached hydrogens (tertiary/aromatic N) is 1. The van der Waals surface area contributed by atoms with Crippen molar-refractivity contribution in [2.24, 2.45) is 5.92 Å². The van der Waals surface area contributed by atoms with E-state index >= 15 is 0 Å². The molecule has 1 saturated heterocycles. The predicted molar refractivity (Wildman–Crippen MR) is 91.6 cm³/mol. The van der Waals surface area contributed by atoms with Crippen molar-refractivity contribution in [1.29, 1.82) is 0 Å². The van der Waals surface area contributed by atoms with Crippen molar-refractivity contribution in [1.82, 2.24) is 4.90 Å². The fourth-order valence-corrected chi connectivity index (χ4v) is 4.06. The zero-order chi connectivity index (χ0) is 16.3. The van der Waals surface area contributed by atoms with E-state index in [1.807, 2.05) is 18.2 Å². The lowest BCUT2D eigenvalue weighted by Gasteiger charge is -2.32. The SMILES string of the molecule is C=C(C)C1CCN(Cc2cccc(S(=O)(=O)C(C)C)c2)CC1. The van der Waals surface area contributed by atoms with Gasteiger partial charge in [0, 0.05) is 6.54 Å². The molecule has 0 aliphatic carbocycles. The molecular weight excluding hydrogens is 294 g/mol. The third-order valence-electron chi connectivity index (χ3n) is 4.54. The lowest BCUT2D eigenvalue weighted by molar-refractivity contribution is 0.191. The van der Waals surface area contributed by atoms with E-state index in [1.54, 1.807) is 19.9 Å². The smallest absolute Gasteiger partial charge is 0.180 e. The van der Waals surface area contributed by atoms with Gasteiger partial charge in [-0.2, -0.15) is 0 Å². The second kappa shape index (κ2) is 6.97. The summed E-state index contributed by atoms with van der Waals surface area (Å²) in [6.07, 6.45) is 2.30. The van der Waals surface area contributed by atoms with Gasteiger partial charge in [-0.3, -0.25) is 4.90 Å². The Hall–Kier alpha value is -1.13. The molecule has 0 aromatic heterocycles. The number of sulfone groups is 1. The molecule has 0 atom stereocenters. The Balaban J connectivity index is 2.05. The van der Waals surface area contributed by atoms with E-state index in [9.17, 15) is 8.42 Å². The maximum Gasteiger partial charge on any atom is 0.180 e. The highest BCUT2D eigenvalue weighted by atomic mass is 32.2. The molecular formula is C18H27NO2S. The molecule has 0 saturated carbocycles. The molecule has 1 aliphatic heterocycles. The number of benzene rings is 1. The van der Waals surface area contributed by atoms with Crippen LogP contribution in [0.2, 0.25) is 0 Å². The molecule has 1 fully saturated rings. The minimum atomic E-state index is -3.19. The average molecular weight is 321 g/mol. The fraction of sp³-hybridized carbons (Fsp3) is 0.556. The molecule has 4 heteroatoms. The van der Waals surface area contributed by atoms with Crippen LogP contribution in [0.4, 0.5) is 0 Å². The quantitative estimate of drug-likeness (QED) is 0.777. The van der Waals surface area contributed by atoms with Gasteiger partial charge >= 0.3 is 0 Å². The molecule has 0 N–H and O–H groups in total. The predicted octanol–water partition coefficient (Wildman–Crippen LogP) is 3.66. The van der Waals surface area contributed by atoms with E-state index in [2.05, 4.69) is 18.4 Å². The molecule has 1 aromatic rings. The van der Waals surface area contributed by atoms with Crippen LogP contribution < -0.4 is 0 Å². The molecule has 0 spiro atoms. The number of hydrogen-bond donors (Lipinski definition) is 0. The minimum absolute atomic E-state index is 0.380. The van der Waals surface area contributed by atoms with Crippen LogP contribution in [0.5, 0.6) is 0 Å². The standard InChI is InChI=1S/C18H27NO2S/c1-14(2)17-8-10-19(11-9-17)13-16-6-5-7-18(12-16)22(20,21)15(3)4/h5-7,12,15,17H,1,8-11,13H2,2-4H3. The van der Waals surface area contributed by atoms with Gasteiger partial charge in [0.05, 0.1) is 10.1 Å². The summed E-state index contributed by atoms with van der Waals surface area (Å²) in [6.45, 7) is 12.6. The molecule has 0 amide bonds. The maximum atomic E-state index is 12.3. The number of piperidine rings is 1. The fourth-order valence-electron chi connectivity index (χ4n) is 2.94. The second-order valence-corrected chi connectivity index (χ2v) is 9.14. The molecule has 122 valence electrons. The number of hydrogen-bond acceptors (Lipinski definition) is 3. The van der Waals surface area contributed by atoms with Gasteiger partial charge in [0.1, 0.15) is 0 Å². The third kappa shape index (κ3) is 3.99. The maximum absolute atomic E-state index is 12.3. The summed E-state index contributed by atoms with van der Waals surface area (Å²) < 4.78 is 24.5. The Morgan fingerprint density at radius 1 is 1.32 bits per heavy atom. The van der Waals surface area contributed by atoms with E-state index < -0.39 is 9.84 Å². The summed E-state index contributed by atoms with van der Waals surface area (Å²) in [5.74, 6) is 0.643. The Kier molecular flexibility index (Phi) is 5.45. The van der Waals surface area contributed by atoms with Gasteiger partial charge in [0.25, 0.3) is 0 Å². The van der Waals surface area contributed by atoms with Gasteiger partial charge in [-0.1, -0.05) is 24.3 Å². The Morgan fingerprint density at radius 3 is 2.50 bits per heavy atom. The first-order chi connectivity index (χ1) is 10.3. The van der Waals surface area contributed by atoms with Crippen molar-refractivity contribution in [3.8, 4) is 0 Å². The first kappa shape index (κ1) is 17.2. The lowest BCUT2D eigenvalue weighted by Crippen LogP contribution is -2.33. The van der Waals surface area contributed by atoms with E-state index in [-0.39, 0.29) is 5.25 Å². The van der Waals surface area contributed by atoms with Crippen molar-refractivity contribution in [3.05, 3.63) is 42.0 Å². The van der Waals surface area contributed by atoms with Crippen LogP contribution in [0.3, 0.4) is 0 Å². The number of allylic oxidation sites excluding steroid dienone is 1. The summed E-state index contributed by atoms with van der Waals surface area (Å²) in [7, 11) is -3.19. The highest BCUT2D eigenvalue weighted by molar-refractivity contribution is 7.92. The molecule has 0 bridgehead atoms. The second-order valence-electron chi connectivity index (χ2n) is 6.64. The molecule has 2 rings (SSSR count). The van der Waals surface area contributed by atoms with Crippen molar-refractivity contribution >= 4 is 9.84 Å². The van der Waals surface area contributed by atoms with E-state index in [1.165, 1.54) is 5.57 Å². The molecule has 3 nitrogen and oxygen atoms in total. The van der Waals surface area contributed by atoms with Crippen LogP contribution in [0, 0.1) is 5.92 Å².